The number of rotatable bonds is 39. The minimum atomic E-state index is -0.289. The van der Waals surface area contributed by atoms with Crippen molar-refractivity contribution in [1.29, 1.82) is 0 Å². The van der Waals surface area contributed by atoms with E-state index in [2.05, 4.69) is 66.8 Å². The van der Waals surface area contributed by atoms with Crippen LogP contribution in [0.25, 0.3) is 0 Å². The Bertz CT molecular complexity index is 2020. The number of carbonyl (C=O) groups is 2. The maximum absolute atomic E-state index is 14.2. The fraction of sp³-hybridized carbons (Fsp3) is 0.775. The Morgan fingerprint density at radius 3 is 1.64 bits per heavy atom. The smallest absolute Gasteiger partial charge is 0.338 e. The number of fused-ring (bicyclic) bond motifs is 5. The van der Waals surface area contributed by atoms with Gasteiger partial charge in [0.1, 0.15) is 6.10 Å². The molecular formula is C71H115NO6. The standard InChI is InChI=1S/C71H115NO6/c1-9-12-15-18-21-24-27-30-48-75-65-51-57(52-66(76-49-31-28-25-22-19-16-13-10-2)67(65)77-50-32-29-26-23-20-17-14-11-3)68(73)72-59-39-36-56(37-40-59)69(74)78-60-44-46-70(7)58(53-60)38-41-61-63-43-42-62(55(6)35-33-34-54(4)5)71(63,8)47-45-64(61)70/h36-40,51-52,54-55,60-64H,9-35,41-50,53H2,1-8H3,(H,72,73)/t55-,60?,61+,62-,63+,64+,70+,71-/m1/s1. The van der Waals surface area contributed by atoms with Gasteiger partial charge in [-0.3, -0.25) is 4.79 Å². The van der Waals surface area contributed by atoms with Crippen LogP contribution in [0.4, 0.5) is 5.69 Å². The van der Waals surface area contributed by atoms with Crippen molar-refractivity contribution in [3.05, 3.63) is 59.2 Å². The zero-order valence-corrected chi connectivity index (χ0v) is 51.4. The van der Waals surface area contributed by atoms with Crippen LogP contribution in [0.15, 0.2) is 48.0 Å². The highest BCUT2D eigenvalue weighted by Gasteiger charge is 2.59. The van der Waals surface area contributed by atoms with E-state index in [0.29, 0.717) is 59.3 Å². The molecule has 78 heavy (non-hydrogen) atoms. The second-order valence-corrected chi connectivity index (χ2v) is 26.4. The molecule has 3 fully saturated rings. The molecule has 6 rings (SSSR count). The Kier molecular flexibility index (Phi) is 27.8. The van der Waals surface area contributed by atoms with Crippen LogP contribution in [-0.4, -0.2) is 37.8 Å². The average Bonchev–Trinajstić information content (AvgIpc) is 3.87. The lowest BCUT2D eigenvalue weighted by molar-refractivity contribution is -0.0594. The quantitative estimate of drug-likeness (QED) is 0.0408. The number of carbonyl (C=O) groups excluding carboxylic acids is 2. The summed E-state index contributed by atoms with van der Waals surface area (Å²) in [6.45, 7) is 21.0. The number of amides is 1. The van der Waals surface area contributed by atoms with Crippen LogP contribution in [0.5, 0.6) is 17.2 Å². The summed E-state index contributed by atoms with van der Waals surface area (Å²) >= 11 is 0. The lowest BCUT2D eigenvalue weighted by Crippen LogP contribution is -2.51. The van der Waals surface area contributed by atoms with Crippen LogP contribution in [0.3, 0.4) is 0 Å². The van der Waals surface area contributed by atoms with Gasteiger partial charge in [0.25, 0.3) is 5.91 Å². The Balaban J connectivity index is 1.07. The van der Waals surface area contributed by atoms with Gasteiger partial charge >= 0.3 is 5.97 Å². The van der Waals surface area contributed by atoms with E-state index in [1.165, 1.54) is 173 Å². The van der Waals surface area contributed by atoms with Gasteiger partial charge in [-0.15, -0.1) is 0 Å². The van der Waals surface area contributed by atoms with Crippen molar-refractivity contribution in [1.82, 2.24) is 0 Å². The number of unbranched alkanes of at least 4 members (excludes halogenated alkanes) is 21. The lowest BCUT2D eigenvalue weighted by Gasteiger charge is -2.58. The maximum atomic E-state index is 14.2. The monoisotopic (exact) mass is 1080 g/mol. The van der Waals surface area contributed by atoms with Crippen molar-refractivity contribution in [3.8, 4) is 17.2 Å². The van der Waals surface area contributed by atoms with Crippen molar-refractivity contribution in [2.24, 2.45) is 46.3 Å². The topological polar surface area (TPSA) is 83.1 Å². The van der Waals surface area contributed by atoms with Crippen molar-refractivity contribution in [2.75, 3.05) is 25.1 Å². The van der Waals surface area contributed by atoms with E-state index < -0.39 is 0 Å². The van der Waals surface area contributed by atoms with Crippen LogP contribution in [0.2, 0.25) is 0 Å². The Morgan fingerprint density at radius 2 is 1.10 bits per heavy atom. The number of hydrogen-bond acceptors (Lipinski definition) is 6. The molecule has 0 heterocycles. The summed E-state index contributed by atoms with van der Waals surface area (Å²) < 4.78 is 26.0. The molecule has 7 nitrogen and oxygen atoms in total. The van der Waals surface area contributed by atoms with Gasteiger partial charge in [-0.05, 0) is 147 Å². The summed E-state index contributed by atoms with van der Waals surface area (Å²) in [5.41, 5.74) is 3.80. The molecule has 8 atom stereocenters. The average molecular weight is 1080 g/mol. The highest BCUT2D eigenvalue weighted by atomic mass is 16.5. The molecule has 0 aromatic heterocycles. The molecule has 4 aliphatic rings. The Hall–Kier alpha value is -3.48. The molecule has 2 aromatic carbocycles. The van der Waals surface area contributed by atoms with Gasteiger partial charge in [-0.25, -0.2) is 4.79 Å². The van der Waals surface area contributed by atoms with Gasteiger partial charge < -0.3 is 24.3 Å². The molecule has 1 unspecified atom stereocenters. The minimum absolute atomic E-state index is 0.115. The molecule has 440 valence electrons. The molecule has 2 aromatic rings. The van der Waals surface area contributed by atoms with Crippen LogP contribution in [-0.2, 0) is 4.74 Å². The van der Waals surface area contributed by atoms with E-state index in [1.54, 1.807) is 12.1 Å². The number of hydrogen-bond donors (Lipinski definition) is 1. The predicted octanol–water partition coefficient (Wildman–Crippen LogP) is 21.1. The summed E-state index contributed by atoms with van der Waals surface area (Å²) in [7, 11) is 0. The third-order valence-corrected chi connectivity index (χ3v) is 20.0. The van der Waals surface area contributed by atoms with Gasteiger partial charge in [0.15, 0.2) is 11.5 Å². The van der Waals surface area contributed by atoms with Crippen LogP contribution >= 0.6 is 0 Å². The highest BCUT2D eigenvalue weighted by molar-refractivity contribution is 6.05. The molecule has 0 aliphatic heterocycles. The van der Waals surface area contributed by atoms with Crippen LogP contribution in [0.1, 0.15) is 301 Å². The summed E-state index contributed by atoms with van der Waals surface area (Å²) in [5, 5.41) is 3.12. The minimum Gasteiger partial charge on any atom is -0.490 e. The maximum Gasteiger partial charge on any atom is 0.338 e. The van der Waals surface area contributed by atoms with Gasteiger partial charge in [0.2, 0.25) is 5.75 Å². The fourth-order valence-corrected chi connectivity index (χ4v) is 15.2. The van der Waals surface area contributed by atoms with E-state index >= 15 is 0 Å². The zero-order valence-electron chi connectivity index (χ0n) is 51.4. The van der Waals surface area contributed by atoms with Crippen molar-refractivity contribution in [3.63, 3.8) is 0 Å². The van der Waals surface area contributed by atoms with E-state index in [1.807, 2.05) is 24.3 Å². The number of anilines is 1. The van der Waals surface area contributed by atoms with E-state index in [4.69, 9.17) is 18.9 Å². The zero-order chi connectivity index (χ0) is 55.6. The second-order valence-electron chi connectivity index (χ2n) is 26.4. The Labute approximate surface area is 478 Å². The van der Waals surface area contributed by atoms with Crippen LogP contribution in [0, 0.1) is 46.3 Å². The van der Waals surface area contributed by atoms with E-state index in [9.17, 15) is 9.59 Å². The number of nitrogens with one attached hydrogen (secondary N) is 1. The molecule has 1 amide bonds. The van der Waals surface area contributed by atoms with Gasteiger partial charge in [0, 0.05) is 17.7 Å². The molecule has 0 spiro atoms. The molecule has 3 saturated carbocycles. The molecular weight excluding hydrogens is 963 g/mol. The first-order valence-electron chi connectivity index (χ1n) is 33.3. The summed E-state index contributed by atoms with van der Waals surface area (Å²) in [4.78, 5) is 28.0. The molecule has 0 bridgehead atoms. The molecule has 7 heteroatoms. The number of esters is 1. The molecule has 0 radical (unpaired) electrons. The van der Waals surface area contributed by atoms with Crippen molar-refractivity contribution in [2.45, 2.75) is 286 Å². The van der Waals surface area contributed by atoms with E-state index in [-0.39, 0.29) is 23.4 Å². The predicted molar refractivity (Wildman–Crippen MR) is 327 cm³/mol. The first kappa shape index (κ1) is 63.7. The molecule has 1 N–H and O–H groups in total. The lowest BCUT2D eigenvalue weighted by atomic mass is 9.47. The van der Waals surface area contributed by atoms with Gasteiger partial charge in [-0.2, -0.15) is 0 Å². The summed E-state index contributed by atoms with van der Waals surface area (Å²) in [6, 6.07) is 10.9. The van der Waals surface area contributed by atoms with Gasteiger partial charge in [0.05, 0.1) is 25.4 Å². The highest BCUT2D eigenvalue weighted by Crippen LogP contribution is 2.67. The van der Waals surface area contributed by atoms with Crippen molar-refractivity contribution >= 4 is 17.6 Å². The number of allylic oxidation sites excluding steroid dienone is 1. The molecule has 4 aliphatic carbocycles. The number of benzene rings is 2. The first-order valence-corrected chi connectivity index (χ1v) is 33.3. The largest absolute Gasteiger partial charge is 0.490 e. The van der Waals surface area contributed by atoms with Crippen molar-refractivity contribution < 1.29 is 28.5 Å². The van der Waals surface area contributed by atoms with Gasteiger partial charge in [-0.1, -0.05) is 221 Å². The Morgan fingerprint density at radius 1 is 0.577 bits per heavy atom. The summed E-state index contributed by atoms with van der Waals surface area (Å²) in [5.74, 6) is 6.05. The third-order valence-electron chi connectivity index (χ3n) is 20.0. The summed E-state index contributed by atoms with van der Waals surface area (Å²) in [6.07, 6.45) is 45.4. The number of ether oxygens (including phenoxy) is 4. The SMILES string of the molecule is CCCCCCCCCCOc1cc(C(=O)Nc2ccc(C(=O)OC3CC[C@@]4(C)C(=CC[C@H]5[C@@H]6CC[C@H]([C@H](C)CCCC(C)C)[C@@]6(C)CC[C@@H]54)C3)cc2)cc(OCCCCCCCCCC)c1OCCCCCCCCCC. The first-order chi connectivity index (χ1) is 37.9. The normalized spacial score (nSPS) is 24.0. The second kappa shape index (κ2) is 34.1. The van der Waals surface area contributed by atoms with Crippen LogP contribution < -0.4 is 19.5 Å². The fourth-order valence-electron chi connectivity index (χ4n) is 15.2. The molecule has 0 saturated heterocycles. The van der Waals surface area contributed by atoms with E-state index in [0.717, 1.165) is 93.3 Å². The third kappa shape index (κ3) is 19.1.